The lowest BCUT2D eigenvalue weighted by molar-refractivity contribution is 0.942. The van der Waals surface area contributed by atoms with Gasteiger partial charge in [0.1, 0.15) is 0 Å². The van der Waals surface area contributed by atoms with Gasteiger partial charge in [-0.3, -0.25) is 0 Å². The summed E-state index contributed by atoms with van der Waals surface area (Å²) in [6, 6.07) is 11.2. The predicted molar refractivity (Wildman–Crippen MR) is 60.9 cm³/mol. The minimum atomic E-state index is 0.515. The normalized spacial score (nSPS) is 10.3. The van der Waals surface area contributed by atoms with E-state index in [1.54, 1.807) is 29.0 Å². The maximum Gasteiger partial charge on any atom is 0.252 e. The molecule has 0 amide bonds. The number of rotatable bonds is 1. The minimum Gasteiger partial charge on any atom is -0.220 e. The van der Waals surface area contributed by atoms with Crippen molar-refractivity contribution in [2.75, 3.05) is 0 Å². The highest BCUT2D eigenvalue weighted by Crippen LogP contribution is 2.19. The van der Waals surface area contributed by atoms with Crippen LogP contribution in [0, 0.1) is 11.3 Å². The molecule has 2 heterocycles. The Balaban J connectivity index is 2.25. The Hall–Kier alpha value is -2.74. The average Bonchev–Trinajstić information content (AvgIpc) is 2.82. The summed E-state index contributed by atoms with van der Waals surface area (Å²) in [5, 5.41) is 13.3. The van der Waals surface area contributed by atoms with E-state index in [0.29, 0.717) is 17.2 Å². The second-order valence-electron chi connectivity index (χ2n) is 3.46. The maximum absolute atomic E-state index is 9.03. The molecular formula is C12H7N5. The molecule has 0 radical (unpaired) electrons. The Morgan fingerprint density at radius 1 is 1.18 bits per heavy atom. The van der Waals surface area contributed by atoms with Gasteiger partial charge in [0.2, 0.25) is 0 Å². The molecule has 0 fully saturated rings. The zero-order valence-electron chi connectivity index (χ0n) is 8.78. The summed E-state index contributed by atoms with van der Waals surface area (Å²) in [4.78, 5) is 8.37. The van der Waals surface area contributed by atoms with Gasteiger partial charge < -0.3 is 0 Å². The average molecular weight is 221 g/mol. The molecule has 1 aromatic carbocycles. The summed E-state index contributed by atoms with van der Waals surface area (Å²) in [5.41, 5.74) is 1.28. The Kier molecular flexibility index (Phi) is 2.06. The van der Waals surface area contributed by atoms with Gasteiger partial charge in [-0.25, -0.2) is 9.50 Å². The summed E-state index contributed by atoms with van der Waals surface area (Å²) in [6.45, 7) is 0. The lowest BCUT2D eigenvalue weighted by Crippen LogP contribution is -1.88. The van der Waals surface area contributed by atoms with Crippen LogP contribution in [-0.2, 0) is 0 Å². The topological polar surface area (TPSA) is 66.9 Å². The van der Waals surface area contributed by atoms with Crippen LogP contribution in [0.1, 0.15) is 5.56 Å². The van der Waals surface area contributed by atoms with Gasteiger partial charge in [0.25, 0.3) is 5.78 Å². The van der Waals surface area contributed by atoms with E-state index in [9.17, 15) is 0 Å². The molecule has 5 nitrogen and oxygen atoms in total. The Morgan fingerprint density at radius 2 is 2.06 bits per heavy atom. The van der Waals surface area contributed by atoms with Crippen LogP contribution in [0.25, 0.3) is 17.2 Å². The second-order valence-corrected chi connectivity index (χ2v) is 3.46. The molecule has 0 atom stereocenters. The number of hydrogen-bond donors (Lipinski definition) is 0. The number of benzene rings is 1. The van der Waals surface area contributed by atoms with Crippen LogP contribution in [0.2, 0.25) is 0 Å². The van der Waals surface area contributed by atoms with Gasteiger partial charge in [0.15, 0.2) is 5.82 Å². The number of nitriles is 1. The van der Waals surface area contributed by atoms with E-state index in [2.05, 4.69) is 21.1 Å². The minimum absolute atomic E-state index is 0.515. The third kappa shape index (κ3) is 1.52. The molecule has 0 saturated heterocycles. The zero-order chi connectivity index (χ0) is 11.7. The van der Waals surface area contributed by atoms with Crippen molar-refractivity contribution in [3.8, 4) is 17.5 Å². The Labute approximate surface area is 97.0 Å². The quantitative estimate of drug-likeness (QED) is 0.626. The van der Waals surface area contributed by atoms with Gasteiger partial charge >= 0.3 is 0 Å². The Bertz CT molecular complexity index is 690. The van der Waals surface area contributed by atoms with Crippen molar-refractivity contribution in [3.63, 3.8) is 0 Å². The smallest absolute Gasteiger partial charge is 0.220 e. The van der Waals surface area contributed by atoms with Crippen molar-refractivity contribution in [1.29, 1.82) is 5.26 Å². The first-order valence-electron chi connectivity index (χ1n) is 5.05. The lowest BCUT2D eigenvalue weighted by atomic mass is 10.1. The van der Waals surface area contributed by atoms with E-state index in [0.717, 1.165) is 5.56 Å². The van der Waals surface area contributed by atoms with E-state index >= 15 is 0 Å². The van der Waals surface area contributed by atoms with Crippen LogP contribution in [0.3, 0.4) is 0 Å². The van der Waals surface area contributed by atoms with Gasteiger partial charge in [-0.2, -0.15) is 10.2 Å². The molecule has 5 heteroatoms. The van der Waals surface area contributed by atoms with E-state index < -0.39 is 0 Å². The molecule has 0 aliphatic carbocycles. The lowest BCUT2D eigenvalue weighted by Gasteiger charge is -1.96. The van der Waals surface area contributed by atoms with Crippen molar-refractivity contribution in [3.05, 3.63) is 48.3 Å². The highest BCUT2D eigenvalue weighted by atomic mass is 15.3. The molecular weight excluding hydrogens is 214 g/mol. The van der Waals surface area contributed by atoms with Crippen molar-refractivity contribution in [2.24, 2.45) is 0 Å². The van der Waals surface area contributed by atoms with Crippen molar-refractivity contribution < 1.29 is 0 Å². The number of aromatic nitrogens is 4. The van der Waals surface area contributed by atoms with Gasteiger partial charge in [0.05, 0.1) is 11.6 Å². The highest BCUT2D eigenvalue weighted by Gasteiger charge is 2.10. The number of fused-ring (bicyclic) bond motifs is 1. The summed E-state index contributed by atoms with van der Waals surface area (Å²) in [5.74, 6) is 1.04. The summed E-state index contributed by atoms with van der Waals surface area (Å²) >= 11 is 0. The zero-order valence-corrected chi connectivity index (χ0v) is 8.78. The van der Waals surface area contributed by atoms with E-state index in [1.807, 2.05) is 18.2 Å². The summed E-state index contributed by atoms with van der Waals surface area (Å²) in [7, 11) is 0. The molecule has 2 aromatic heterocycles. The first kappa shape index (κ1) is 9.48. The van der Waals surface area contributed by atoms with Crippen LogP contribution in [0.4, 0.5) is 0 Å². The van der Waals surface area contributed by atoms with Crippen LogP contribution in [0.5, 0.6) is 0 Å². The maximum atomic E-state index is 9.03. The van der Waals surface area contributed by atoms with Crippen LogP contribution < -0.4 is 0 Å². The molecule has 80 valence electrons. The summed E-state index contributed by atoms with van der Waals surface area (Å²) in [6.07, 6.45) is 3.43. The first-order chi connectivity index (χ1) is 8.38. The van der Waals surface area contributed by atoms with E-state index in [1.165, 1.54) is 0 Å². The molecule has 0 aliphatic heterocycles. The largest absolute Gasteiger partial charge is 0.252 e. The SMILES string of the molecule is N#Cc1ccccc1-c1nc2ncccn2n1. The highest BCUT2D eigenvalue weighted by molar-refractivity contribution is 5.65. The van der Waals surface area contributed by atoms with Crippen LogP contribution in [0.15, 0.2) is 42.7 Å². The molecule has 0 saturated carbocycles. The Morgan fingerprint density at radius 3 is 2.88 bits per heavy atom. The third-order valence-electron chi connectivity index (χ3n) is 2.41. The second kappa shape index (κ2) is 3.68. The standard InChI is InChI=1S/C12H7N5/c13-8-9-4-1-2-5-10(9)11-15-12-14-6-3-7-17(12)16-11/h1-7H. The monoisotopic (exact) mass is 221 g/mol. The first-order valence-corrected chi connectivity index (χ1v) is 5.05. The van der Waals surface area contributed by atoms with Crippen molar-refractivity contribution in [2.45, 2.75) is 0 Å². The van der Waals surface area contributed by atoms with Gasteiger partial charge in [-0.1, -0.05) is 12.1 Å². The molecule has 0 aliphatic rings. The van der Waals surface area contributed by atoms with Gasteiger partial charge in [-0.05, 0) is 18.2 Å². The molecule has 3 aromatic rings. The van der Waals surface area contributed by atoms with Gasteiger partial charge in [0, 0.05) is 18.0 Å². The molecule has 0 spiro atoms. The summed E-state index contributed by atoms with van der Waals surface area (Å²) < 4.78 is 1.59. The molecule has 0 bridgehead atoms. The number of hydrogen-bond acceptors (Lipinski definition) is 4. The van der Waals surface area contributed by atoms with Gasteiger partial charge in [-0.15, -0.1) is 5.10 Å². The van der Waals surface area contributed by atoms with E-state index in [-0.39, 0.29) is 0 Å². The van der Waals surface area contributed by atoms with Crippen LogP contribution in [-0.4, -0.2) is 19.6 Å². The third-order valence-corrected chi connectivity index (χ3v) is 2.41. The van der Waals surface area contributed by atoms with Crippen molar-refractivity contribution >= 4 is 5.78 Å². The fourth-order valence-corrected chi connectivity index (χ4v) is 1.62. The number of nitrogens with zero attached hydrogens (tertiary/aromatic N) is 5. The predicted octanol–water partition coefficient (Wildman–Crippen LogP) is 1.66. The van der Waals surface area contributed by atoms with E-state index in [4.69, 9.17) is 5.26 Å². The fourth-order valence-electron chi connectivity index (χ4n) is 1.62. The fraction of sp³-hybridized carbons (Fsp3) is 0. The van der Waals surface area contributed by atoms with Crippen LogP contribution >= 0.6 is 0 Å². The molecule has 0 unspecified atom stereocenters. The molecule has 0 N–H and O–H groups in total. The molecule has 17 heavy (non-hydrogen) atoms. The molecule has 3 rings (SSSR count). The van der Waals surface area contributed by atoms with Crippen molar-refractivity contribution in [1.82, 2.24) is 19.6 Å².